The quantitative estimate of drug-likeness (QED) is 0.395. The maximum Gasteiger partial charge on any atom is 0.343 e. The summed E-state index contributed by atoms with van der Waals surface area (Å²) >= 11 is 1.69. The minimum atomic E-state index is -0.448. The first-order valence-corrected chi connectivity index (χ1v) is 12.1. The third-order valence-corrected chi connectivity index (χ3v) is 7.29. The molecule has 2 atom stereocenters. The minimum Gasteiger partial charge on any atom is -0.490 e. The number of fused-ring (bicyclic) bond motifs is 3. The van der Waals surface area contributed by atoms with Gasteiger partial charge in [-0.1, -0.05) is 31.2 Å². The zero-order chi connectivity index (χ0) is 22.9. The molecule has 0 bridgehead atoms. The van der Waals surface area contributed by atoms with E-state index in [1.807, 2.05) is 25.1 Å². The standard InChI is InChI=1S/C26H26N2O4S/c1-3-31-20-14-17(10-12-19(20)32-26(30)16-7-5-4-6-8-16)23-27-24(29)22-18-11-9-15(2)13-21(18)33-25(22)28-23/h4-8,10,12,14-15,23,28H,3,9,11,13H2,1-2H3,(H,27,29)/t15-,23+/m1/s1. The molecule has 6 nitrogen and oxygen atoms in total. The largest absolute Gasteiger partial charge is 0.490 e. The van der Waals surface area contributed by atoms with Gasteiger partial charge in [-0.05, 0) is 67.5 Å². The molecule has 0 radical (unpaired) electrons. The van der Waals surface area contributed by atoms with E-state index < -0.39 is 5.97 Å². The lowest BCUT2D eigenvalue weighted by atomic mass is 9.88. The van der Waals surface area contributed by atoms with Gasteiger partial charge in [0.15, 0.2) is 11.5 Å². The van der Waals surface area contributed by atoms with Crippen LogP contribution in [0.5, 0.6) is 11.5 Å². The Labute approximate surface area is 196 Å². The van der Waals surface area contributed by atoms with Crippen LogP contribution in [0.1, 0.15) is 63.2 Å². The average molecular weight is 463 g/mol. The number of rotatable bonds is 5. The van der Waals surface area contributed by atoms with Crippen LogP contribution in [-0.2, 0) is 12.8 Å². The normalized spacial score (nSPS) is 19.0. The van der Waals surface area contributed by atoms with Crippen molar-refractivity contribution in [3.8, 4) is 11.5 Å². The lowest BCUT2D eigenvalue weighted by molar-refractivity contribution is 0.0728. The van der Waals surface area contributed by atoms with Gasteiger partial charge in [0.25, 0.3) is 5.91 Å². The number of carbonyl (C=O) groups excluding carboxylic acids is 2. The van der Waals surface area contributed by atoms with Crippen molar-refractivity contribution in [3.05, 3.63) is 75.7 Å². The van der Waals surface area contributed by atoms with Gasteiger partial charge in [-0.25, -0.2) is 4.79 Å². The predicted octanol–water partition coefficient (Wildman–Crippen LogP) is 5.34. The van der Waals surface area contributed by atoms with Crippen LogP contribution in [0.15, 0.2) is 48.5 Å². The summed E-state index contributed by atoms with van der Waals surface area (Å²) in [7, 11) is 0. The van der Waals surface area contributed by atoms with Crippen molar-refractivity contribution < 1.29 is 19.1 Å². The molecule has 3 aromatic rings. The molecule has 33 heavy (non-hydrogen) atoms. The van der Waals surface area contributed by atoms with Crippen LogP contribution in [0.25, 0.3) is 0 Å². The van der Waals surface area contributed by atoms with Crippen LogP contribution in [0, 0.1) is 5.92 Å². The zero-order valence-electron chi connectivity index (χ0n) is 18.6. The highest BCUT2D eigenvalue weighted by molar-refractivity contribution is 7.16. The van der Waals surface area contributed by atoms with E-state index in [9.17, 15) is 9.59 Å². The minimum absolute atomic E-state index is 0.0432. The fourth-order valence-corrected chi connectivity index (χ4v) is 5.86. The molecular formula is C26H26N2O4S. The molecule has 2 aliphatic rings. The summed E-state index contributed by atoms with van der Waals surface area (Å²) in [4.78, 5) is 26.8. The maximum absolute atomic E-state index is 13.0. The van der Waals surface area contributed by atoms with Gasteiger partial charge < -0.3 is 20.1 Å². The molecule has 1 aromatic heterocycles. The number of ether oxygens (including phenoxy) is 2. The SMILES string of the molecule is CCOc1cc([C@H]2NC(=O)c3c(sc4c3CC[C@@H](C)C4)N2)ccc1OC(=O)c1ccccc1. The fraction of sp³-hybridized carbons (Fsp3) is 0.308. The topological polar surface area (TPSA) is 76.7 Å². The van der Waals surface area contributed by atoms with Crippen molar-refractivity contribution in [1.29, 1.82) is 0 Å². The zero-order valence-corrected chi connectivity index (χ0v) is 19.5. The first kappa shape index (κ1) is 21.5. The molecule has 2 heterocycles. The third kappa shape index (κ3) is 4.20. The second-order valence-electron chi connectivity index (χ2n) is 8.50. The number of hydrogen-bond donors (Lipinski definition) is 2. The molecule has 7 heteroatoms. The second-order valence-corrected chi connectivity index (χ2v) is 9.61. The second kappa shape index (κ2) is 8.90. The predicted molar refractivity (Wildman–Crippen MR) is 128 cm³/mol. The first-order valence-electron chi connectivity index (χ1n) is 11.3. The van der Waals surface area contributed by atoms with Crippen LogP contribution < -0.4 is 20.1 Å². The molecule has 5 rings (SSSR count). The highest BCUT2D eigenvalue weighted by Crippen LogP contribution is 2.43. The molecule has 170 valence electrons. The summed E-state index contributed by atoms with van der Waals surface area (Å²) in [6.45, 7) is 4.56. The van der Waals surface area contributed by atoms with Gasteiger partial charge in [0, 0.05) is 4.88 Å². The number of carbonyl (C=O) groups is 2. The van der Waals surface area contributed by atoms with Gasteiger partial charge >= 0.3 is 5.97 Å². The van der Waals surface area contributed by atoms with E-state index in [1.165, 1.54) is 10.4 Å². The Balaban J connectivity index is 1.40. The number of nitrogens with one attached hydrogen (secondary N) is 2. The van der Waals surface area contributed by atoms with E-state index in [4.69, 9.17) is 9.47 Å². The average Bonchev–Trinajstić information content (AvgIpc) is 3.18. The number of esters is 1. The summed E-state index contributed by atoms with van der Waals surface area (Å²) < 4.78 is 11.4. The molecule has 2 aromatic carbocycles. The lowest BCUT2D eigenvalue weighted by Gasteiger charge is -2.27. The molecule has 0 saturated carbocycles. The summed E-state index contributed by atoms with van der Waals surface area (Å²) in [5.74, 6) is 0.962. The lowest BCUT2D eigenvalue weighted by Crippen LogP contribution is -2.38. The molecular weight excluding hydrogens is 436 g/mol. The molecule has 0 spiro atoms. The Morgan fingerprint density at radius 2 is 1.94 bits per heavy atom. The summed E-state index contributed by atoms with van der Waals surface area (Å²) in [5.41, 5.74) is 3.30. The van der Waals surface area contributed by atoms with Crippen molar-refractivity contribution >= 4 is 28.2 Å². The molecule has 0 saturated heterocycles. The van der Waals surface area contributed by atoms with Crippen molar-refractivity contribution in [2.24, 2.45) is 5.92 Å². The van der Waals surface area contributed by atoms with Crippen LogP contribution in [0.4, 0.5) is 5.00 Å². The Bertz CT molecular complexity index is 1200. The molecule has 1 aliphatic heterocycles. The highest BCUT2D eigenvalue weighted by atomic mass is 32.1. The molecule has 1 aliphatic carbocycles. The van der Waals surface area contributed by atoms with E-state index in [1.54, 1.807) is 41.7 Å². The number of hydrogen-bond acceptors (Lipinski definition) is 6. The smallest absolute Gasteiger partial charge is 0.343 e. The van der Waals surface area contributed by atoms with Gasteiger partial charge in [0.2, 0.25) is 0 Å². The molecule has 0 unspecified atom stereocenters. The maximum atomic E-state index is 13.0. The van der Waals surface area contributed by atoms with E-state index in [-0.39, 0.29) is 12.1 Å². The first-order chi connectivity index (χ1) is 16.0. The van der Waals surface area contributed by atoms with Crippen LogP contribution in [0.2, 0.25) is 0 Å². The molecule has 1 amide bonds. The number of anilines is 1. The van der Waals surface area contributed by atoms with Crippen LogP contribution in [0.3, 0.4) is 0 Å². The van der Waals surface area contributed by atoms with E-state index in [0.717, 1.165) is 35.4 Å². The van der Waals surface area contributed by atoms with Crippen molar-refractivity contribution in [3.63, 3.8) is 0 Å². The Morgan fingerprint density at radius 1 is 1.12 bits per heavy atom. The Morgan fingerprint density at radius 3 is 2.73 bits per heavy atom. The monoisotopic (exact) mass is 462 g/mol. The van der Waals surface area contributed by atoms with Gasteiger partial charge in [-0.15, -0.1) is 11.3 Å². The van der Waals surface area contributed by atoms with Gasteiger partial charge in [0.1, 0.15) is 11.2 Å². The van der Waals surface area contributed by atoms with E-state index >= 15 is 0 Å². The number of benzene rings is 2. The summed E-state index contributed by atoms with van der Waals surface area (Å²) in [6.07, 6.45) is 2.72. The highest BCUT2D eigenvalue weighted by Gasteiger charge is 2.33. The van der Waals surface area contributed by atoms with Crippen molar-refractivity contribution in [2.75, 3.05) is 11.9 Å². The van der Waals surface area contributed by atoms with E-state index in [2.05, 4.69) is 17.6 Å². The van der Waals surface area contributed by atoms with Crippen molar-refractivity contribution in [1.82, 2.24) is 5.32 Å². The van der Waals surface area contributed by atoms with Gasteiger partial charge in [-0.3, -0.25) is 4.79 Å². The van der Waals surface area contributed by atoms with Crippen LogP contribution in [-0.4, -0.2) is 18.5 Å². The fourth-order valence-electron chi connectivity index (χ4n) is 4.42. The summed E-state index contributed by atoms with van der Waals surface area (Å²) in [6, 6.07) is 14.2. The number of thiophene rings is 1. The Hall–Kier alpha value is -3.32. The van der Waals surface area contributed by atoms with Crippen molar-refractivity contribution in [2.45, 2.75) is 39.3 Å². The van der Waals surface area contributed by atoms with E-state index in [0.29, 0.717) is 29.6 Å². The third-order valence-electron chi connectivity index (χ3n) is 6.10. The molecule has 2 N–H and O–H groups in total. The van der Waals surface area contributed by atoms with Crippen LogP contribution >= 0.6 is 11.3 Å². The number of amides is 1. The Kier molecular flexibility index (Phi) is 5.81. The molecule has 0 fully saturated rings. The van der Waals surface area contributed by atoms with Gasteiger partial charge in [0.05, 0.1) is 17.7 Å². The summed E-state index contributed by atoms with van der Waals surface area (Å²) in [5, 5.41) is 7.51. The van der Waals surface area contributed by atoms with Gasteiger partial charge in [-0.2, -0.15) is 0 Å².